The molecule has 0 bridgehead atoms. The molecule has 0 saturated carbocycles. The Labute approximate surface area is 217 Å². The number of aryl methyl sites for hydroxylation is 2. The van der Waals surface area contributed by atoms with E-state index in [1.165, 1.54) is 23.5 Å². The molecule has 1 fully saturated rings. The van der Waals surface area contributed by atoms with Crippen LogP contribution < -0.4 is 4.73 Å². The summed E-state index contributed by atoms with van der Waals surface area (Å²) < 4.78 is 1.96. The number of rotatable bonds is 3. The summed E-state index contributed by atoms with van der Waals surface area (Å²) in [5.41, 5.74) is 5.57. The number of hydrogen-bond acceptors (Lipinski definition) is 3. The van der Waals surface area contributed by atoms with Gasteiger partial charge in [-0.3, -0.25) is 15.0 Å². The molecule has 3 heterocycles. The van der Waals surface area contributed by atoms with Crippen LogP contribution in [0.25, 0.3) is 0 Å². The summed E-state index contributed by atoms with van der Waals surface area (Å²) in [4.78, 5) is 19.7. The number of aromatic nitrogens is 2. The quantitative estimate of drug-likeness (QED) is 0.345. The molecule has 0 spiro atoms. The fourth-order valence-electron chi connectivity index (χ4n) is 5.37. The lowest BCUT2D eigenvalue weighted by molar-refractivity contribution is -0.904. The minimum absolute atomic E-state index is 0.0803. The van der Waals surface area contributed by atoms with E-state index in [1.54, 1.807) is 12.1 Å². The van der Waals surface area contributed by atoms with Gasteiger partial charge in [0.1, 0.15) is 0 Å². The van der Waals surface area contributed by atoms with Gasteiger partial charge in [-0.1, -0.05) is 23.2 Å². The summed E-state index contributed by atoms with van der Waals surface area (Å²) >= 11 is 16.8. The van der Waals surface area contributed by atoms with Gasteiger partial charge in [-0.25, -0.2) is 0 Å². The Balaban J connectivity index is 1.40. The first-order valence-electron chi connectivity index (χ1n) is 11.5. The summed E-state index contributed by atoms with van der Waals surface area (Å²) in [6.07, 6.45) is 8.82. The number of carbonyl (C=O) groups is 1. The number of piperidine rings is 1. The first-order chi connectivity index (χ1) is 16.4. The summed E-state index contributed by atoms with van der Waals surface area (Å²) in [7, 11) is 0. The lowest BCUT2D eigenvalue weighted by Crippen LogP contribution is -2.41. The van der Waals surface area contributed by atoms with Crippen LogP contribution in [0.5, 0.6) is 0 Å². The smallest absolute Gasteiger partial charge is 0.226 e. The van der Waals surface area contributed by atoms with Gasteiger partial charge < -0.3 is 4.90 Å². The normalized spacial score (nSPS) is 18.2. The number of halogens is 3. The third-order valence-corrected chi connectivity index (χ3v) is 7.98. The minimum atomic E-state index is 0.0803. The van der Waals surface area contributed by atoms with E-state index in [1.807, 2.05) is 23.2 Å². The second-order valence-corrected chi connectivity index (χ2v) is 10.9. The Morgan fingerprint density at radius 1 is 1.12 bits per heavy atom. The molecule has 8 heteroatoms. The molecule has 0 radical (unpaired) electrons. The molecule has 2 aromatic heterocycles. The molecular weight excluding hydrogens is 537 g/mol. The molecule has 3 aromatic rings. The summed E-state index contributed by atoms with van der Waals surface area (Å²) in [6.45, 7) is 1.42. The minimum Gasteiger partial charge on any atom is -0.342 e. The Bertz CT molecular complexity index is 1230. The first-order valence-corrected chi connectivity index (χ1v) is 13.0. The average molecular weight is 562 g/mol. The van der Waals surface area contributed by atoms with E-state index in [0.717, 1.165) is 51.7 Å². The standard InChI is InChI=1S/C26H25BrCl2N3O2/c27-20-12-19-2-1-18-13-21(28)14-22(29)24(18)25(26(19)30-15-20)17-5-7-31(8-6-17)23(33)11-16-3-9-32(34)10-4-16/h3-4,9-10,12-15,17,25,34H,1-2,5-8,11H2/q+1. The van der Waals surface area contributed by atoms with E-state index in [-0.39, 0.29) is 11.8 Å². The number of nitrogens with zero attached hydrogens (tertiary/aromatic N) is 3. The highest BCUT2D eigenvalue weighted by molar-refractivity contribution is 9.10. The second-order valence-electron chi connectivity index (χ2n) is 9.12. The van der Waals surface area contributed by atoms with Crippen LogP contribution in [-0.4, -0.2) is 34.1 Å². The molecule has 1 unspecified atom stereocenters. The lowest BCUT2D eigenvalue weighted by atomic mass is 9.76. The monoisotopic (exact) mass is 560 g/mol. The zero-order valence-electron chi connectivity index (χ0n) is 18.6. The lowest BCUT2D eigenvalue weighted by Gasteiger charge is -2.37. The van der Waals surface area contributed by atoms with E-state index in [9.17, 15) is 10.0 Å². The van der Waals surface area contributed by atoms with Crippen LogP contribution in [0, 0.1) is 5.92 Å². The fourth-order valence-corrected chi connectivity index (χ4v) is 6.40. The molecule has 1 aliphatic heterocycles. The second kappa shape index (κ2) is 9.84. The third kappa shape index (κ3) is 4.81. The van der Waals surface area contributed by atoms with E-state index >= 15 is 0 Å². The van der Waals surface area contributed by atoms with Crippen LogP contribution in [0.3, 0.4) is 0 Å². The van der Waals surface area contributed by atoms with Gasteiger partial charge in [0.2, 0.25) is 18.3 Å². The molecule has 1 aliphatic carbocycles. The number of hydrogen-bond donors (Lipinski definition) is 1. The van der Waals surface area contributed by atoms with Crippen LogP contribution in [-0.2, 0) is 24.1 Å². The number of benzene rings is 1. The van der Waals surface area contributed by atoms with Gasteiger partial charge in [0, 0.05) is 56.6 Å². The molecule has 1 N–H and O–H groups in total. The van der Waals surface area contributed by atoms with Gasteiger partial charge in [0.15, 0.2) is 0 Å². The van der Waals surface area contributed by atoms with Crippen molar-refractivity contribution >= 4 is 45.0 Å². The summed E-state index contributed by atoms with van der Waals surface area (Å²) in [5.74, 6) is 0.525. The van der Waals surface area contributed by atoms with Gasteiger partial charge in [0.25, 0.3) is 0 Å². The molecule has 1 saturated heterocycles. The van der Waals surface area contributed by atoms with E-state index in [2.05, 4.69) is 22.0 Å². The maximum Gasteiger partial charge on any atom is 0.226 e. The topological polar surface area (TPSA) is 57.3 Å². The van der Waals surface area contributed by atoms with Crippen LogP contribution in [0.1, 0.15) is 46.7 Å². The molecule has 1 aromatic carbocycles. The number of likely N-dealkylation sites (tertiary alicyclic amines) is 1. The van der Waals surface area contributed by atoms with Crippen molar-refractivity contribution in [1.82, 2.24) is 9.88 Å². The van der Waals surface area contributed by atoms with Crippen molar-refractivity contribution in [2.45, 2.75) is 38.0 Å². The Hall–Kier alpha value is -2.15. The Morgan fingerprint density at radius 3 is 2.56 bits per heavy atom. The summed E-state index contributed by atoms with van der Waals surface area (Å²) in [5, 5.41) is 10.8. The maximum atomic E-state index is 12.9. The van der Waals surface area contributed by atoms with Crippen molar-refractivity contribution in [2.75, 3.05) is 13.1 Å². The number of fused-ring (bicyclic) bond motifs is 2. The van der Waals surface area contributed by atoms with Gasteiger partial charge in [-0.2, -0.15) is 0 Å². The molecule has 1 atom stereocenters. The Kier molecular flexibility index (Phi) is 6.83. The molecule has 1 amide bonds. The van der Waals surface area contributed by atoms with E-state index in [4.69, 9.17) is 28.2 Å². The van der Waals surface area contributed by atoms with Gasteiger partial charge >= 0.3 is 0 Å². The molecular formula is C26H25BrCl2N3O2+. The number of amides is 1. The Morgan fingerprint density at radius 2 is 1.82 bits per heavy atom. The van der Waals surface area contributed by atoms with E-state index < -0.39 is 0 Å². The SMILES string of the molecule is O=C(Cc1cc[n+](O)cc1)N1CCC(C2c3ncc(Br)cc3CCc3cc(Cl)cc(Cl)c32)CC1. The van der Waals surface area contributed by atoms with Crippen molar-refractivity contribution in [3.8, 4) is 0 Å². The highest BCUT2D eigenvalue weighted by Crippen LogP contribution is 2.46. The van der Waals surface area contributed by atoms with Crippen molar-refractivity contribution < 1.29 is 14.7 Å². The van der Waals surface area contributed by atoms with Crippen LogP contribution in [0.4, 0.5) is 0 Å². The zero-order valence-corrected chi connectivity index (χ0v) is 21.7. The van der Waals surface area contributed by atoms with E-state index in [0.29, 0.717) is 35.5 Å². The zero-order chi connectivity index (χ0) is 23.8. The third-order valence-electron chi connectivity index (χ3n) is 7.02. The average Bonchev–Trinajstić information content (AvgIpc) is 2.97. The summed E-state index contributed by atoms with van der Waals surface area (Å²) in [6, 6.07) is 9.59. The van der Waals surface area contributed by atoms with Crippen molar-refractivity contribution in [1.29, 1.82) is 0 Å². The first kappa shape index (κ1) is 23.6. The highest BCUT2D eigenvalue weighted by atomic mass is 79.9. The van der Waals surface area contributed by atoms with Crippen LogP contribution in [0.2, 0.25) is 10.0 Å². The van der Waals surface area contributed by atoms with Crippen molar-refractivity contribution in [3.63, 3.8) is 0 Å². The largest absolute Gasteiger partial charge is 0.342 e. The maximum absolute atomic E-state index is 12.9. The fraction of sp³-hybridized carbons (Fsp3) is 0.346. The van der Waals surface area contributed by atoms with Crippen LogP contribution in [0.15, 0.2) is 53.4 Å². The molecule has 5 nitrogen and oxygen atoms in total. The molecule has 176 valence electrons. The van der Waals surface area contributed by atoms with Crippen molar-refractivity contribution in [2.24, 2.45) is 5.92 Å². The molecule has 34 heavy (non-hydrogen) atoms. The van der Waals surface area contributed by atoms with Crippen molar-refractivity contribution in [3.05, 3.63) is 91.4 Å². The number of carbonyl (C=O) groups excluding carboxylic acids is 1. The molecule has 2 aliphatic rings. The van der Waals surface area contributed by atoms with Gasteiger partial charge in [0.05, 0.1) is 12.1 Å². The van der Waals surface area contributed by atoms with Gasteiger partial charge in [-0.05, 0) is 88.0 Å². The molecule has 5 rings (SSSR count). The predicted octanol–water partition coefficient (Wildman–Crippen LogP) is 5.39. The highest BCUT2D eigenvalue weighted by Gasteiger charge is 2.36. The predicted molar refractivity (Wildman–Crippen MR) is 134 cm³/mol. The van der Waals surface area contributed by atoms with Crippen LogP contribution >= 0.6 is 39.1 Å². The number of pyridine rings is 2. The van der Waals surface area contributed by atoms with Gasteiger partial charge in [-0.15, -0.1) is 0 Å².